The minimum absolute atomic E-state index is 0.0840. The summed E-state index contributed by atoms with van der Waals surface area (Å²) in [5.41, 5.74) is -1.03. The number of alkyl halides is 3. The molecule has 1 aromatic heterocycles. The average Bonchev–Trinajstić information content (AvgIpc) is 3.61. The van der Waals surface area contributed by atoms with Crippen LogP contribution >= 0.6 is 0 Å². The lowest BCUT2D eigenvalue weighted by atomic mass is 9.85. The number of primary sulfonamides is 1. The fraction of sp³-hybridized carbons (Fsp3) is 0.826. The van der Waals surface area contributed by atoms with Crippen molar-refractivity contribution in [1.29, 1.82) is 0 Å². The molecule has 0 atom stereocenters. The normalized spacial score (nSPS) is 28.0. The summed E-state index contributed by atoms with van der Waals surface area (Å²) in [6.07, 6.45) is 0.935. The molecule has 1 aromatic rings. The Bertz CT molecular complexity index is 1060. The van der Waals surface area contributed by atoms with E-state index in [2.05, 4.69) is 42.3 Å². The molecule has 208 valence electrons. The van der Waals surface area contributed by atoms with E-state index in [0.29, 0.717) is 24.9 Å². The standard InChI is InChI=1S/C23H37F3N8O2S/c1-32-6-2-17(3-7-32)33-8-10-34(11-9-33)18-12-16(13-18)30-21-28-14-19(23(24,25)26)20(31-21)29-15-22(4-5-22)37(27,35)36/h14,16-18H,2-13,15H2,1H3,(H2,27,35,36)(H2,28,29,30,31). The number of rotatable bonds is 8. The van der Waals surface area contributed by atoms with Crippen molar-refractivity contribution in [3.05, 3.63) is 11.8 Å². The van der Waals surface area contributed by atoms with E-state index in [0.717, 1.165) is 58.3 Å². The van der Waals surface area contributed by atoms with E-state index in [-0.39, 0.29) is 18.5 Å². The van der Waals surface area contributed by atoms with Gasteiger partial charge in [0.2, 0.25) is 16.0 Å². The van der Waals surface area contributed by atoms with Gasteiger partial charge in [-0.15, -0.1) is 0 Å². The topological polar surface area (TPSA) is 120 Å². The fourth-order valence-electron chi connectivity index (χ4n) is 5.75. The molecular formula is C23H37F3N8O2S. The number of piperidine rings is 1. The summed E-state index contributed by atoms with van der Waals surface area (Å²) in [4.78, 5) is 15.5. The van der Waals surface area contributed by atoms with Gasteiger partial charge in [0, 0.05) is 57.0 Å². The highest BCUT2D eigenvalue weighted by molar-refractivity contribution is 7.90. The van der Waals surface area contributed by atoms with Gasteiger partial charge in [-0.25, -0.2) is 18.5 Å². The smallest absolute Gasteiger partial charge is 0.368 e. The zero-order valence-electron chi connectivity index (χ0n) is 21.2. The van der Waals surface area contributed by atoms with Crippen molar-refractivity contribution in [3.8, 4) is 0 Å². The molecule has 14 heteroatoms. The van der Waals surface area contributed by atoms with Crippen molar-refractivity contribution in [2.24, 2.45) is 5.14 Å². The highest BCUT2D eigenvalue weighted by atomic mass is 32.2. The zero-order valence-corrected chi connectivity index (χ0v) is 22.0. The van der Waals surface area contributed by atoms with Gasteiger partial charge < -0.3 is 15.5 Å². The first kappa shape index (κ1) is 26.9. The third-order valence-electron chi connectivity index (χ3n) is 8.60. The molecule has 0 radical (unpaired) electrons. The number of nitrogens with zero attached hydrogens (tertiary/aromatic N) is 5. The van der Waals surface area contributed by atoms with Gasteiger partial charge in [-0.2, -0.15) is 18.2 Å². The van der Waals surface area contributed by atoms with Crippen molar-refractivity contribution in [1.82, 2.24) is 24.7 Å². The van der Waals surface area contributed by atoms with Gasteiger partial charge >= 0.3 is 6.18 Å². The zero-order chi connectivity index (χ0) is 26.4. The number of nitrogens with one attached hydrogen (secondary N) is 2. The maximum atomic E-state index is 13.5. The first-order valence-electron chi connectivity index (χ1n) is 13.1. The summed E-state index contributed by atoms with van der Waals surface area (Å²) in [7, 11) is -1.69. The van der Waals surface area contributed by atoms with Crippen LogP contribution in [0.2, 0.25) is 0 Å². The Balaban J connectivity index is 1.13. The summed E-state index contributed by atoms with van der Waals surface area (Å²) in [5.74, 6) is -0.327. The molecule has 10 nitrogen and oxygen atoms in total. The van der Waals surface area contributed by atoms with E-state index in [9.17, 15) is 21.6 Å². The summed E-state index contributed by atoms with van der Waals surface area (Å²) in [5, 5.41) is 11.0. The van der Waals surface area contributed by atoms with Crippen LogP contribution in [0.25, 0.3) is 0 Å². The van der Waals surface area contributed by atoms with Crippen molar-refractivity contribution < 1.29 is 21.6 Å². The average molecular weight is 547 g/mol. The fourth-order valence-corrected chi connectivity index (χ4v) is 6.70. The van der Waals surface area contributed by atoms with Gasteiger partial charge in [0.15, 0.2) is 0 Å². The second-order valence-corrected chi connectivity index (χ2v) is 13.1. The molecule has 2 saturated carbocycles. The predicted molar refractivity (Wildman–Crippen MR) is 135 cm³/mol. The van der Waals surface area contributed by atoms with Crippen LogP contribution in [0, 0.1) is 0 Å². The van der Waals surface area contributed by atoms with E-state index in [1.807, 2.05) is 0 Å². The SMILES string of the molecule is CN1CCC(N2CCN(C3CC(Nc4ncc(C(F)(F)F)c(NCC5(S(N)(=O)=O)CC5)n4)C3)CC2)CC1. The van der Waals surface area contributed by atoms with E-state index < -0.39 is 32.3 Å². The Hall–Kier alpha value is -1.74. The summed E-state index contributed by atoms with van der Waals surface area (Å²) in [6.45, 7) is 6.36. The van der Waals surface area contributed by atoms with Crippen LogP contribution in [0.5, 0.6) is 0 Å². The van der Waals surface area contributed by atoms with Gasteiger partial charge in [0.25, 0.3) is 0 Å². The summed E-state index contributed by atoms with van der Waals surface area (Å²) >= 11 is 0. The number of sulfonamides is 1. The molecule has 0 amide bonds. The molecule has 0 unspecified atom stereocenters. The van der Waals surface area contributed by atoms with Gasteiger partial charge in [-0.05, 0) is 58.7 Å². The molecule has 3 heterocycles. The molecule has 0 aromatic carbocycles. The maximum Gasteiger partial charge on any atom is 0.421 e. The van der Waals surface area contributed by atoms with E-state index >= 15 is 0 Å². The number of halogens is 3. The van der Waals surface area contributed by atoms with Crippen LogP contribution in [0.4, 0.5) is 24.9 Å². The van der Waals surface area contributed by atoms with Crippen LogP contribution in [0.1, 0.15) is 44.1 Å². The van der Waals surface area contributed by atoms with Crippen LogP contribution in [-0.2, 0) is 16.2 Å². The molecule has 4 aliphatic rings. The Labute approximate surface area is 216 Å². The third kappa shape index (κ3) is 5.97. The highest BCUT2D eigenvalue weighted by Crippen LogP contribution is 2.43. The largest absolute Gasteiger partial charge is 0.421 e. The molecule has 5 rings (SSSR count). The van der Waals surface area contributed by atoms with Gasteiger partial charge in [0.05, 0.1) is 0 Å². The van der Waals surface area contributed by atoms with Crippen molar-refractivity contribution >= 4 is 21.8 Å². The van der Waals surface area contributed by atoms with Gasteiger partial charge in [0.1, 0.15) is 16.1 Å². The molecule has 2 saturated heterocycles. The molecule has 2 aliphatic carbocycles. The Morgan fingerprint density at radius 2 is 1.65 bits per heavy atom. The van der Waals surface area contributed by atoms with Gasteiger partial charge in [-0.1, -0.05) is 0 Å². The molecule has 4 N–H and O–H groups in total. The van der Waals surface area contributed by atoms with Crippen molar-refractivity contribution in [2.45, 2.75) is 67.6 Å². The first-order chi connectivity index (χ1) is 17.4. The number of piperazine rings is 1. The Morgan fingerprint density at radius 1 is 1.05 bits per heavy atom. The maximum absolute atomic E-state index is 13.5. The van der Waals surface area contributed by atoms with Gasteiger partial charge in [-0.3, -0.25) is 9.80 Å². The number of anilines is 2. The lowest BCUT2D eigenvalue weighted by molar-refractivity contribution is -0.137. The molecule has 0 spiro atoms. The second-order valence-electron chi connectivity index (χ2n) is 11.1. The predicted octanol–water partition coefficient (Wildman–Crippen LogP) is 1.38. The summed E-state index contributed by atoms with van der Waals surface area (Å²) in [6, 6.07) is 1.22. The monoisotopic (exact) mass is 546 g/mol. The van der Waals surface area contributed by atoms with Crippen molar-refractivity contribution in [2.75, 3.05) is 63.5 Å². The lowest BCUT2D eigenvalue weighted by Crippen LogP contribution is -2.58. The van der Waals surface area contributed by atoms with Crippen LogP contribution in [0.3, 0.4) is 0 Å². The second kappa shape index (κ2) is 10.1. The Kier molecular flexibility index (Phi) is 7.33. The molecule has 2 aliphatic heterocycles. The third-order valence-corrected chi connectivity index (χ3v) is 10.4. The molecule has 37 heavy (non-hydrogen) atoms. The minimum Gasteiger partial charge on any atom is -0.368 e. The number of hydrogen-bond acceptors (Lipinski definition) is 9. The van der Waals surface area contributed by atoms with Crippen LogP contribution in [-0.4, -0.2) is 109 Å². The van der Waals surface area contributed by atoms with E-state index in [1.165, 1.54) is 12.8 Å². The number of hydrogen-bond donors (Lipinski definition) is 3. The minimum atomic E-state index is -4.67. The van der Waals surface area contributed by atoms with Crippen LogP contribution < -0.4 is 15.8 Å². The highest BCUT2D eigenvalue weighted by Gasteiger charge is 2.53. The van der Waals surface area contributed by atoms with E-state index in [1.54, 1.807) is 0 Å². The molecular weight excluding hydrogens is 509 g/mol. The lowest BCUT2D eigenvalue weighted by Gasteiger charge is -2.48. The first-order valence-corrected chi connectivity index (χ1v) is 14.6. The molecule has 0 bridgehead atoms. The number of likely N-dealkylation sites (tertiary alicyclic amines) is 1. The number of nitrogens with two attached hydrogens (primary N) is 1. The quantitative estimate of drug-likeness (QED) is 0.444. The Morgan fingerprint density at radius 3 is 2.19 bits per heavy atom. The van der Waals surface area contributed by atoms with Crippen molar-refractivity contribution in [3.63, 3.8) is 0 Å². The number of aromatic nitrogens is 2. The van der Waals surface area contributed by atoms with Crippen LogP contribution in [0.15, 0.2) is 6.20 Å². The van der Waals surface area contributed by atoms with E-state index in [4.69, 9.17) is 5.14 Å². The molecule has 4 fully saturated rings. The summed E-state index contributed by atoms with van der Waals surface area (Å²) < 4.78 is 62.9.